The highest BCUT2D eigenvalue weighted by molar-refractivity contribution is 9.10. The van der Waals surface area contributed by atoms with Gasteiger partial charge in [0.05, 0.1) is 6.61 Å². The molecule has 160 valence electrons. The second-order valence-corrected chi connectivity index (χ2v) is 10.1. The molecule has 0 radical (unpaired) electrons. The summed E-state index contributed by atoms with van der Waals surface area (Å²) in [6.45, 7) is 6.89. The van der Waals surface area contributed by atoms with E-state index >= 15 is 0 Å². The van der Waals surface area contributed by atoms with Gasteiger partial charge in [-0.3, -0.25) is 4.90 Å². The lowest BCUT2D eigenvalue weighted by atomic mass is 9.81. The van der Waals surface area contributed by atoms with E-state index in [0.717, 1.165) is 29.8 Å². The summed E-state index contributed by atoms with van der Waals surface area (Å²) >= 11 is 3.58. The topological polar surface area (TPSA) is 15.7 Å². The Labute approximate surface area is 189 Å². The van der Waals surface area contributed by atoms with E-state index in [2.05, 4.69) is 68.2 Å². The van der Waals surface area contributed by atoms with E-state index in [1.54, 1.807) is 0 Å². The van der Waals surface area contributed by atoms with Crippen molar-refractivity contribution in [3.05, 3.63) is 63.6 Å². The highest BCUT2D eigenvalue weighted by atomic mass is 79.9. The van der Waals surface area contributed by atoms with Crippen LogP contribution in [0, 0.1) is 0 Å². The first-order valence-electron chi connectivity index (χ1n) is 11.8. The molecule has 0 amide bonds. The maximum Gasteiger partial charge on any atom is 0.119 e. The van der Waals surface area contributed by atoms with Crippen molar-refractivity contribution in [3.63, 3.8) is 0 Å². The van der Waals surface area contributed by atoms with Crippen molar-refractivity contribution < 1.29 is 4.74 Å². The minimum atomic E-state index is 0.454. The van der Waals surface area contributed by atoms with Crippen LogP contribution in [0.3, 0.4) is 0 Å². The zero-order valence-corrected chi connectivity index (χ0v) is 19.4. The van der Waals surface area contributed by atoms with Gasteiger partial charge >= 0.3 is 0 Å². The zero-order valence-electron chi connectivity index (χ0n) is 17.9. The molecule has 0 aromatic heterocycles. The lowest BCUT2D eigenvalue weighted by molar-refractivity contribution is 0.204. The normalized spacial score (nSPS) is 24.4. The molecule has 0 spiro atoms. The van der Waals surface area contributed by atoms with Gasteiger partial charge in [0.15, 0.2) is 0 Å². The van der Waals surface area contributed by atoms with Gasteiger partial charge in [-0.1, -0.05) is 40.5 Å². The molecule has 2 atom stereocenters. The minimum Gasteiger partial charge on any atom is -0.494 e. The fraction of sp³-hybridized carbons (Fsp3) is 0.538. The number of fused-ring (bicyclic) bond motifs is 3. The van der Waals surface area contributed by atoms with Gasteiger partial charge in [0.1, 0.15) is 5.75 Å². The van der Waals surface area contributed by atoms with Crippen molar-refractivity contribution in [2.45, 2.75) is 50.5 Å². The quantitative estimate of drug-likeness (QED) is 0.484. The molecule has 0 unspecified atom stereocenters. The maximum absolute atomic E-state index is 6.22. The maximum atomic E-state index is 6.22. The van der Waals surface area contributed by atoms with Crippen molar-refractivity contribution in [2.24, 2.45) is 0 Å². The molecule has 2 aromatic rings. The zero-order chi connectivity index (χ0) is 20.3. The van der Waals surface area contributed by atoms with Gasteiger partial charge in [0, 0.05) is 29.5 Å². The van der Waals surface area contributed by atoms with Crippen LogP contribution in [-0.4, -0.2) is 49.1 Å². The summed E-state index contributed by atoms with van der Waals surface area (Å²) < 4.78 is 7.36. The molecule has 3 aliphatic rings. The van der Waals surface area contributed by atoms with E-state index in [1.807, 2.05) is 0 Å². The van der Waals surface area contributed by atoms with E-state index in [9.17, 15) is 0 Å². The Balaban J connectivity index is 1.29. The number of hydrogen-bond acceptors (Lipinski definition) is 3. The van der Waals surface area contributed by atoms with Crippen LogP contribution in [0.1, 0.15) is 67.2 Å². The number of hydrogen-bond donors (Lipinski definition) is 0. The van der Waals surface area contributed by atoms with Gasteiger partial charge in [0.2, 0.25) is 0 Å². The Morgan fingerprint density at radius 3 is 2.57 bits per heavy atom. The highest BCUT2D eigenvalue weighted by Crippen LogP contribution is 2.45. The summed E-state index contributed by atoms with van der Waals surface area (Å²) in [6.07, 6.45) is 7.83. The predicted octanol–water partition coefficient (Wildman–Crippen LogP) is 5.99. The Morgan fingerprint density at radius 1 is 0.900 bits per heavy atom. The van der Waals surface area contributed by atoms with Crippen LogP contribution in [0.25, 0.3) is 0 Å². The van der Waals surface area contributed by atoms with Crippen LogP contribution in [0.15, 0.2) is 46.9 Å². The molecule has 0 aliphatic carbocycles. The molecule has 0 N–H and O–H groups in total. The Morgan fingerprint density at radius 2 is 1.73 bits per heavy atom. The van der Waals surface area contributed by atoms with Crippen LogP contribution in [0.2, 0.25) is 0 Å². The number of halogens is 1. The van der Waals surface area contributed by atoms with Gasteiger partial charge in [-0.25, -0.2) is 0 Å². The van der Waals surface area contributed by atoms with Gasteiger partial charge in [-0.15, -0.1) is 0 Å². The van der Waals surface area contributed by atoms with Crippen molar-refractivity contribution in [1.82, 2.24) is 9.80 Å². The van der Waals surface area contributed by atoms with Crippen LogP contribution in [0.5, 0.6) is 5.75 Å². The number of likely N-dealkylation sites (tertiary alicyclic amines) is 1. The first-order valence-corrected chi connectivity index (χ1v) is 12.6. The SMILES string of the molecule is Brc1ccc([C@H]2CN3CCC[C@H]3c3cc(OCCCN4CCCCC4)ccc32)cc1. The largest absolute Gasteiger partial charge is 0.494 e. The molecule has 4 heteroatoms. The molecule has 0 saturated carbocycles. The van der Waals surface area contributed by atoms with Gasteiger partial charge in [-0.05, 0) is 92.7 Å². The summed E-state index contributed by atoms with van der Waals surface area (Å²) in [5, 5.41) is 0. The molecular formula is C26H33BrN2O. The molecule has 3 nitrogen and oxygen atoms in total. The van der Waals surface area contributed by atoms with Crippen LogP contribution in [0.4, 0.5) is 0 Å². The molecule has 3 heterocycles. The molecule has 0 bridgehead atoms. The summed E-state index contributed by atoms with van der Waals surface area (Å²) in [6, 6.07) is 16.4. The number of ether oxygens (including phenoxy) is 1. The average molecular weight is 469 g/mol. The third-order valence-electron chi connectivity index (χ3n) is 7.18. The molecule has 2 fully saturated rings. The third kappa shape index (κ3) is 4.46. The lowest BCUT2D eigenvalue weighted by Gasteiger charge is -2.37. The average Bonchev–Trinajstić information content (AvgIpc) is 3.26. The van der Waals surface area contributed by atoms with Crippen LogP contribution >= 0.6 is 15.9 Å². The van der Waals surface area contributed by atoms with Crippen molar-refractivity contribution >= 4 is 15.9 Å². The fourth-order valence-electron chi connectivity index (χ4n) is 5.62. The molecule has 3 aliphatic heterocycles. The number of piperidine rings is 1. The van der Waals surface area contributed by atoms with E-state index in [4.69, 9.17) is 4.74 Å². The third-order valence-corrected chi connectivity index (χ3v) is 7.71. The second-order valence-electron chi connectivity index (χ2n) is 9.15. The van der Waals surface area contributed by atoms with E-state index in [-0.39, 0.29) is 0 Å². The van der Waals surface area contributed by atoms with E-state index < -0.39 is 0 Å². The molecular weight excluding hydrogens is 436 g/mol. The Bertz CT molecular complexity index is 847. The van der Waals surface area contributed by atoms with Crippen LogP contribution in [-0.2, 0) is 0 Å². The van der Waals surface area contributed by atoms with E-state index in [1.165, 1.54) is 75.0 Å². The molecule has 5 rings (SSSR count). The fourth-order valence-corrected chi connectivity index (χ4v) is 5.88. The first kappa shape index (κ1) is 20.5. The summed E-state index contributed by atoms with van der Waals surface area (Å²) in [5.74, 6) is 1.51. The smallest absolute Gasteiger partial charge is 0.119 e. The molecule has 30 heavy (non-hydrogen) atoms. The minimum absolute atomic E-state index is 0.454. The van der Waals surface area contributed by atoms with E-state index in [0.29, 0.717) is 12.0 Å². The number of benzene rings is 2. The summed E-state index contributed by atoms with van der Waals surface area (Å²) in [4.78, 5) is 5.29. The van der Waals surface area contributed by atoms with Gasteiger partial charge in [-0.2, -0.15) is 0 Å². The second kappa shape index (κ2) is 9.42. The molecule has 2 aromatic carbocycles. The number of rotatable bonds is 6. The monoisotopic (exact) mass is 468 g/mol. The van der Waals surface area contributed by atoms with Crippen molar-refractivity contribution in [3.8, 4) is 5.75 Å². The summed E-state index contributed by atoms with van der Waals surface area (Å²) in [7, 11) is 0. The molecule has 2 saturated heterocycles. The highest BCUT2D eigenvalue weighted by Gasteiger charge is 2.36. The van der Waals surface area contributed by atoms with Crippen LogP contribution < -0.4 is 4.74 Å². The first-order chi connectivity index (χ1) is 14.8. The van der Waals surface area contributed by atoms with Gasteiger partial charge < -0.3 is 9.64 Å². The number of nitrogens with zero attached hydrogens (tertiary/aromatic N) is 2. The Hall–Kier alpha value is -1.36. The van der Waals surface area contributed by atoms with Crippen molar-refractivity contribution in [1.29, 1.82) is 0 Å². The summed E-state index contributed by atoms with van der Waals surface area (Å²) in [5.41, 5.74) is 4.42. The standard InChI is InChI=1S/C26H33BrN2O/c27-21-9-7-20(8-10-21)25-19-29-16-4-6-26(29)24-18-22(11-12-23(24)25)30-17-5-15-28-13-2-1-3-14-28/h7-12,18,25-26H,1-6,13-17,19H2/t25-,26+/m1/s1. The van der Waals surface area contributed by atoms with Crippen molar-refractivity contribution in [2.75, 3.05) is 39.3 Å². The van der Waals surface area contributed by atoms with Gasteiger partial charge in [0.25, 0.3) is 0 Å². The lowest BCUT2D eigenvalue weighted by Crippen LogP contribution is -2.34. The predicted molar refractivity (Wildman–Crippen MR) is 126 cm³/mol. The Kier molecular flexibility index (Phi) is 6.45.